The molecule has 0 spiro atoms. The van der Waals surface area contributed by atoms with E-state index in [1.807, 2.05) is 13.8 Å². The molecule has 7 nitrogen and oxygen atoms in total. The van der Waals surface area contributed by atoms with E-state index in [1.54, 1.807) is 30.3 Å². The highest BCUT2D eigenvalue weighted by atomic mass is 16.7. The van der Waals surface area contributed by atoms with Crippen molar-refractivity contribution in [2.75, 3.05) is 7.11 Å². The summed E-state index contributed by atoms with van der Waals surface area (Å²) in [4.78, 5) is 28.4. The average molecular weight is 317 g/mol. The number of nitrogens with one attached hydrogen (secondary N) is 2. The topological polar surface area (TPSA) is 79.9 Å². The van der Waals surface area contributed by atoms with Crippen LogP contribution in [-0.4, -0.2) is 24.2 Å². The molecule has 1 aromatic rings. The Bertz CT molecular complexity index is 650. The Hall–Kier alpha value is -2.80. The van der Waals surface area contributed by atoms with Crippen LogP contribution in [0, 0.1) is 0 Å². The summed E-state index contributed by atoms with van der Waals surface area (Å²) in [5.41, 5.74) is 8.61. The predicted octanol–water partition coefficient (Wildman–Crippen LogP) is 1.91. The van der Waals surface area contributed by atoms with Gasteiger partial charge in [0, 0.05) is 11.8 Å². The van der Waals surface area contributed by atoms with Crippen LogP contribution in [0.3, 0.4) is 0 Å². The normalized spacial score (nSPS) is 14.1. The number of hydrogen-bond donors (Lipinski definition) is 2. The number of hydroxylamine groups is 1. The number of hydrogen-bond acceptors (Lipinski definition) is 7. The molecule has 0 aromatic heterocycles. The number of esters is 1. The Labute approximate surface area is 134 Å². The number of carbonyl (C=O) groups is 2. The van der Waals surface area contributed by atoms with E-state index in [1.165, 1.54) is 18.4 Å². The van der Waals surface area contributed by atoms with Gasteiger partial charge >= 0.3 is 11.9 Å². The Morgan fingerprint density at radius 1 is 1.26 bits per heavy atom. The largest absolute Gasteiger partial charge is 0.465 e. The number of nitrogens with zero attached hydrogens (tertiary/aromatic N) is 1. The molecule has 0 radical (unpaired) electrons. The van der Waals surface area contributed by atoms with Crippen molar-refractivity contribution < 1.29 is 19.2 Å². The summed E-state index contributed by atoms with van der Waals surface area (Å²) in [5, 5.41) is 1.31. The third-order valence-corrected chi connectivity index (χ3v) is 3.28. The maximum Gasteiger partial charge on any atom is 0.357 e. The summed E-state index contributed by atoms with van der Waals surface area (Å²) >= 11 is 0. The molecular formula is C16H19N3O4. The van der Waals surface area contributed by atoms with Crippen molar-refractivity contribution in [1.29, 1.82) is 0 Å². The van der Waals surface area contributed by atoms with Gasteiger partial charge in [-0.15, -0.1) is 10.7 Å². The first-order valence-corrected chi connectivity index (χ1v) is 7.15. The third-order valence-electron chi connectivity index (χ3n) is 3.28. The standard InChI is InChI=1S/C16H19N3O4/c1-4-14-11(2)17-18-19(14)23-15(20)10-7-12-5-8-13(9-6-12)16(21)22-3/h5-10,17-18H,4H2,1-3H3/b10-7+. The van der Waals surface area contributed by atoms with Crippen LogP contribution in [0.1, 0.15) is 36.2 Å². The quantitative estimate of drug-likeness (QED) is 0.634. The predicted molar refractivity (Wildman–Crippen MR) is 84.0 cm³/mol. The van der Waals surface area contributed by atoms with Gasteiger partial charge < -0.3 is 15.0 Å². The van der Waals surface area contributed by atoms with Gasteiger partial charge in [-0.25, -0.2) is 9.59 Å². The minimum absolute atomic E-state index is 0.401. The van der Waals surface area contributed by atoms with Crippen molar-refractivity contribution in [3.8, 4) is 0 Å². The third kappa shape index (κ3) is 4.10. The van der Waals surface area contributed by atoms with E-state index < -0.39 is 11.9 Å². The molecule has 1 heterocycles. The van der Waals surface area contributed by atoms with Gasteiger partial charge in [0.25, 0.3) is 0 Å². The number of allylic oxidation sites excluding steroid dienone is 2. The summed E-state index contributed by atoms with van der Waals surface area (Å²) in [7, 11) is 1.33. The van der Waals surface area contributed by atoms with Crippen molar-refractivity contribution in [2.24, 2.45) is 0 Å². The minimum atomic E-state index is -0.517. The zero-order chi connectivity index (χ0) is 16.8. The Morgan fingerprint density at radius 2 is 1.96 bits per heavy atom. The van der Waals surface area contributed by atoms with Gasteiger partial charge in [-0.2, -0.15) is 0 Å². The van der Waals surface area contributed by atoms with Crippen LogP contribution in [0.15, 0.2) is 41.7 Å². The Kier molecular flexibility index (Phi) is 5.37. The van der Waals surface area contributed by atoms with Gasteiger partial charge in [-0.1, -0.05) is 19.1 Å². The number of carbonyl (C=O) groups excluding carboxylic acids is 2. The van der Waals surface area contributed by atoms with Crippen LogP contribution in [-0.2, 0) is 14.4 Å². The fourth-order valence-electron chi connectivity index (χ4n) is 2.05. The van der Waals surface area contributed by atoms with Gasteiger partial charge in [0.1, 0.15) is 0 Å². The second-order valence-electron chi connectivity index (χ2n) is 4.81. The first-order chi connectivity index (χ1) is 11.0. The highest BCUT2D eigenvalue weighted by molar-refractivity contribution is 5.90. The van der Waals surface area contributed by atoms with E-state index in [4.69, 9.17) is 4.84 Å². The molecule has 122 valence electrons. The Morgan fingerprint density at radius 3 is 2.57 bits per heavy atom. The molecule has 2 rings (SSSR count). The zero-order valence-electron chi connectivity index (χ0n) is 13.3. The molecule has 0 atom stereocenters. The van der Waals surface area contributed by atoms with E-state index in [-0.39, 0.29) is 0 Å². The molecule has 0 saturated heterocycles. The molecule has 7 heteroatoms. The number of benzene rings is 1. The Balaban J connectivity index is 1.95. The first kappa shape index (κ1) is 16.6. The summed E-state index contributed by atoms with van der Waals surface area (Å²) in [6.07, 6.45) is 3.64. The van der Waals surface area contributed by atoms with Crippen LogP contribution in [0.4, 0.5) is 0 Å². The van der Waals surface area contributed by atoms with Crippen LogP contribution in [0.2, 0.25) is 0 Å². The smallest absolute Gasteiger partial charge is 0.357 e. The fourth-order valence-corrected chi connectivity index (χ4v) is 2.05. The lowest BCUT2D eigenvalue weighted by Crippen LogP contribution is -2.39. The molecule has 23 heavy (non-hydrogen) atoms. The summed E-state index contributed by atoms with van der Waals surface area (Å²) in [6.45, 7) is 3.85. The van der Waals surface area contributed by atoms with Gasteiger partial charge in [-0.05, 0) is 37.1 Å². The van der Waals surface area contributed by atoms with Crippen molar-refractivity contribution in [2.45, 2.75) is 20.3 Å². The maximum absolute atomic E-state index is 11.8. The van der Waals surface area contributed by atoms with E-state index in [0.717, 1.165) is 23.4 Å². The van der Waals surface area contributed by atoms with Crippen molar-refractivity contribution in [3.05, 3.63) is 52.9 Å². The number of rotatable bonds is 5. The molecule has 0 amide bonds. The lowest BCUT2D eigenvalue weighted by Gasteiger charge is -2.17. The van der Waals surface area contributed by atoms with Gasteiger partial charge in [0.05, 0.1) is 18.4 Å². The van der Waals surface area contributed by atoms with E-state index in [9.17, 15) is 9.59 Å². The molecule has 1 aliphatic rings. The maximum atomic E-state index is 11.8. The lowest BCUT2D eigenvalue weighted by atomic mass is 10.1. The molecular weight excluding hydrogens is 298 g/mol. The van der Waals surface area contributed by atoms with Crippen molar-refractivity contribution >= 4 is 18.0 Å². The zero-order valence-corrected chi connectivity index (χ0v) is 13.3. The summed E-state index contributed by atoms with van der Waals surface area (Å²) < 4.78 is 4.62. The minimum Gasteiger partial charge on any atom is -0.465 e. The lowest BCUT2D eigenvalue weighted by molar-refractivity contribution is -0.187. The summed E-state index contributed by atoms with van der Waals surface area (Å²) in [6, 6.07) is 6.69. The van der Waals surface area contributed by atoms with Crippen LogP contribution in [0.25, 0.3) is 6.08 Å². The van der Waals surface area contributed by atoms with Crippen molar-refractivity contribution in [1.82, 2.24) is 16.1 Å². The first-order valence-electron chi connectivity index (χ1n) is 7.15. The van der Waals surface area contributed by atoms with Crippen LogP contribution >= 0.6 is 0 Å². The second-order valence-corrected chi connectivity index (χ2v) is 4.81. The van der Waals surface area contributed by atoms with Crippen LogP contribution < -0.4 is 11.0 Å². The number of hydrazine groups is 2. The van der Waals surface area contributed by atoms with E-state index in [2.05, 4.69) is 15.7 Å². The monoisotopic (exact) mass is 317 g/mol. The van der Waals surface area contributed by atoms with E-state index >= 15 is 0 Å². The molecule has 1 aliphatic heterocycles. The molecule has 2 N–H and O–H groups in total. The molecule has 0 fully saturated rings. The fraction of sp³-hybridized carbons (Fsp3) is 0.250. The van der Waals surface area contributed by atoms with Gasteiger partial charge in [0.15, 0.2) is 0 Å². The summed E-state index contributed by atoms with van der Waals surface area (Å²) in [5.74, 6) is -0.918. The van der Waals surface area contributed by atoms with Gasteiger partial charge in [0.2, 0.25) is 0 Å². The number of methoxy groups -OCH3 is 1. The molecule has 0 bridgehead atoms. The molecule has 0 aliphatic carbocycles. The SMILES string of the molecule is CCC1=C(C)NNN1OC(=O)/C=C/c1ccc(C(=O)OC)cc1. The highest BCUT2D eigenvalue weighted by Crippen LogP contribution is 2.15. The molecule has 1 aromatic carbocycles. The van der Waals surface area contributed by atoms with Crippen molar-refractivity contribution in [3.63, 3.8) is 0 Å². The molecule has 0 saturated carbocycles. The highest BCUT2D eigenvalue weighted by Gasteiger charge is 2.20. The molecule has 0 unspecified atom stereocenters. The van der Waals surface area contributed by atoms with Gasteiger partial charge in [-0.3, -0.25) is 0 Å². The average Bonchev–Trinajstić information content (AvgIpc) is 2.92. The van der Waals surface area contributed by atoms with E-state index in [0.29, 0.717) is 5.56 Å². The number of ether oxygens (including phenoxy) is 1. The second kappa shape index (κ2) is 7.46. The van der Waals surface area contributed by atoms with Crippen LogP contribution in [0.5, 0.6) is 0 Å².